The highest BCUT2D eigenvalue weighted by molar-refractivity contribution is 5.84. The Morgan fingerprint density at radius 1 is 1.19 bits per heavy atom. The Balaban J connectivity index is 1.85. The summed E-state index contributed by atoms with van der Waals surface area (Å²) in [5.41, 5.74) is 0. The van der Waals surface area contributed by atoms with Crippen molar-refractivity contribution >= 4 is 11.9 Å². The van der Waals surface area contributed by atoms with E-state index in [2.05, 4.69) is 29.5 Å². The van der Waals surface area contributed by atoms with Gasteiger partial charge in [-0.3, -0.25) is 4.79 Å². The Labute approximate surface area is 164 Å². The van der Waals surface area contributed by atoms with Crippen molar-refractivity contribution in [3.05, 3.63) is 0 Å². The minimum atomic E-state index is -0.000872. The quantitative estimate of drug-likeness (QED) is 0.520. The summed E-state index contributed by atoms with van der Waals surface area (Å²) in [7, 11) is 3.51. The molecule has 1 aliphatic carbocycles. The van der Waals surface area contributed by atoms with Crippen LogP contribution in [-0.4, -0.2) is 74.9 Å². The summed E-state index contributed by atoms with van der Waals surface area (Å²) < 4.78 is 11.7. The number of nitrogens with one attached hydrogen (secondary N) is 2. The molecule has 2 rings (SSSR count). The van der Waals surface area contributed by atoms with E-state index >= 15 is 0 Å². The molecule has 0 aromatic carbocycles. The second kappa shape index (κ2) is 11.5. The molecule has 1 saturated heterocycles. The lowest BCUT2D eigenvalue weighted by Gasteiger charge is -2.31. The number of rotatable bonds is 7. The molecule has 0 radical (unpaired) electrons. The molecule has 2 N–H and O–H groups in total. The summed E-state index contributed by atoms with van der Waals surface area (Å²) in [6.45, 7) is 5.90. The van der Waals surface area contributed by atoms with Gasteiger partial charge in [-0.15, -0.1) is 0 Å². The molecule has 0 aromatic rings. The highest BCUT2D eigenvalue weighted by Crippen LogP contribution is 2.22. The fraction of sp³-hybridized carbons (Fsp3) is 0.900. The van der Waals surface area contributed by atoms with Crippen LogP contribution in [0.5, 0.6) is 0 Å². The molecule has 2 fully saturated rings. The number of aliphatic imine (C=N–C) groups is 1. The monoisotopic (exact) mass is 382 g/mol. The standard InChI is InChI=1S/C20H38N4O3/c1-15(2)27-17-10-8-16(9-11-17)23-20(22-14-19(25)24(3)4)21-13-18-7-5-6-12-26-18/h15-18H,5-14H2,1-4H3,(H2,21,22,23). The third-order valence-corrected chi connectivity index (χ3v) is 5.12. The summed E-state index contributed by atoms with van der Waals surface area (Å²) in [6.07, 6.45) is 8.55. The molecule has 2 aliphatic rings. The molecule has 7 heteroatoms. The zero-order valence-corrected chi connectivity index (χ0v) is 17.5. The Morgan fingerprint density at radius 3 is 2.52 bits per heavy atom. The van der Waals surface area contributed by atoms with E-state index in [1.807, 2.05) is 0 Å². The van der Waals surface area contributed by atoms with Crippen LogP contribution in [0.2, 0.25) is 0 Å². The van der Waals surface area contributed by atoms with Gasteiger partial charge in [-0.2, -0.15) is 0 Å². The third kappa shape index (κ3) is 8.47. The van der Waals surface area contributed by atoms with E-state index in [0.29, 0.717) is 18.1 Å². The van der Waals surface area contributed by atoms with Crippen LogP contribution >= 0.6 is 0 Å². The van der Waals surface area contributed by atoms with E-state index < -0.39 is 0 Å². The average molecular weight is 383 g/mol. The van der Waals surface area contributed by atoms with Crippen molar-refractivity contribution in [2.45, 2.75) is 83.1 Å². The lowest BCUT2D eigenvalue weighted by atomic mass is 9.93. The van der Waals surface area contributed by atoms with Crippen molar-refractivity contribution < 1.29 is 14.3 Å². The van der Waals surface area contributed by atoms with Crippen molar-refractivity contribution in [1.29, 1.82) is 0 Å². The van der Waals surface area contributed by atoms with E-state index in [9.17, 15) is 4.79 Å². The van der Waals surface area contributed by atoms with Gasteiger partial charge in [-0.05, 0) is 58.8 Å². The molecule has 1 heterocycles. The SMILES string of the molecule is CC(C)OC1CCC(NC(=NCC(=O)N(C)C)NCC2CCCCO2)CC1. The van der Waals surface area contributed by atoms with E-state index in [-0.39, 0.29) is 24.7 Å². The molecule has 0 bridgehead atoms. The van der Waals surface area contributed by atoms with E-state index in [1.54, 1.807) is 19.0 Å². The maximum Gasteiger partial charge on any atom is 0.243 e. The molecule has 0 spiro atoms. The Kier molecular flexibility index (Phi) is 9.34. The van der Waals surface area contributed by atoms with Crippen molar-refractivity contribution in [2.24, 2.45) is 4.99 Å². The second-order valence-electron chi connectivity index (χ2n) is 8.13. The number of amides is 1. The summed E-state index contributed by atoms with van der Waals surface area (Å²) in [6, 6.07) is 0.366. The van der Waals surface area contributed by atoms with Crippen LogP contribution in [0.4, 0.5) is 0 Å². The molecular weight excluding hydrogens is 344 g/mol. The number of likely N-dealkylation sites (N-methyl/N-ethyl adjacent to an activating group) is 1. The Bertz CT molecular complexity index is 468. The molecule has 0 aromatic heterocycles. The van der Waals surface area contributed by atoms with Crippen molar-refractivity contribution in [3.63, 3.8) is 0 Å². The van der Waals surface area contributed by atoms with E-state index in [1.165, 1.54) is 6.42 Å². The first-order chi connectivity index (χ1) is 12.9. The van der Waals surface area contributed by atoms with Crippen LogP contribution in [0.25, 0.3) is 0 Å². The Morgan fingerprint density at radius 2 is 1.93 bits per heavy atom. The molecular formula is C20H38N4O3. The van der Waals surface area contributed by atoms with Crippen LogP contribution in [0, 0.1) is 0 Å². The van der Waals surface area contributed by atoms with Crippen LogP contribution in [0.15, 0.2) is 4.99 Å². The maximum atomic E-state index is 11.9. The molecule has 1 atom stereocenters. The van der Waals surface area contributed by atoms with Gasteiger partial charge in [0.15, 0.2) is 5.96 Å². The van der Waals surface area contributed by atoms with Crippen molar-refractivity contribution in [2.75, 3.05) is 33.8 Å². The minimum Gasteiger partial charge on any atom is -0.376 e. The number of hydrogen-bond acceptors (Lipinski definition) is 4. The highest BCUT2D eigenvalue weighted by Gasteiger charge is 2.23. The van der Waals surface area contributed by atoms with Crippen LogP contribution in [-0.2, 0) is 14.3 Å². The van der Waals surface area contributed by atoms with Crippen molar-refractivity contribution in [3.8, 4) is 0 Å². The van der Waals surface area contributed by atoms with Gasteiger partial charge in [-0.25, -0.2) is 4.99 Å². The number of guanidine groups is 1. The fourth-order valence-corrected chi connectivity index (χ4v) is 3.54. The first-order valence-corrected chi connectivity index (χ1v) is 10.5. The minimum absolute atomic E-state index is 0.000872. The van der Waals surface area contributed by atoms with Crippen LogP contribution < -0.4 is 10.6 Å². The molecule has 1 saturated carbocycles. The molecule has 156 valence electrons. The number of hydrogen-bond donors (Lipinski definition) is 2. The van der Waals surface area contributed by atoms with Gasteiger partial charge in [0.2, 0.25) is 5.91 Å². The van der Waals surface area contributed by atoms with Gasteiger partial charge >= 0.3 is 0 Å². The highest BCUT2D eigenvalue weighted by atomic mass is 16.5. The predicted octanol–water partition coefficient (Wildman–Crippen LogP) is 1.92. The molecule has 7 nitrogen and oxygen atoms in total. The predicted molar refractivity (Wildman–Crippen MR) is 108 cm³/mol. The van der Waals surface area contributed by atoms with Gasteiger partial charge in [0.05, 0.1) is 18.3 Å². The number of ether oxygens (including phenoxy) is 2. The Hall–Kier alpha value is -1.34. The van der Waals surface area contributed by atoms with Crippen LogP contribution in [0.3, 0.4) is 0 Å². The van der Waals surface area contributed by atoms with Gasteiger partial charge in [0.1, 0.15) is 6.54 Å². The lowest BCUT2D eigenvalue weighted by Crippen LogP contribution is -2.48. The van der Waals surface area contributed by atoms with Crippen molar-refractivity contribution in [1.82, 2.24) is 15.5 Å². The summed E-state index contributed by atoms with van der Waals surface area (Å²) in [5.74, 6) is 0.714. The van der Waals surface area contributed by atoms with Gasteiger partial charge in [0, 0.05) is 33.3 Å². The molecule has 27 heavy (non-hydrogen) atoms. The largest absolute Gasteiger partial charge is 0.376 e. The zero-order chi connectivity index (χ0) is 19.6. The third-order valence-electron chi connectivity index (χ3n) is 5.12. The zero-order valence-electron chi connectivity index (χ0n) is 17.5. The number of carbonyl (C=O) groups excluding carboxylic acids is 1. The van der Waals surface area contributed by atoms with Gasteiger partial charge in [-0.1, -0.05) is 0 Å². The summed E-state index contributed by atoms with van der Waals surface area (Å²) in [5, 5.41) is 6.91. The van der Waals surface area contributed by atoms with Crippen LogP contribution in [0.1, 0.15) is 58.8 Å². The number of carbonyl (C=O) groups is 1. The normalized spacial score (nSPS) is 26.7. The van der Waals surface area contributed by atoms with Gasteiger partial charge in [0.25, 0.3) is 0 Å². The first-order valence-electron chi connectivity index (χ1n) is 10.5. The second-order valence-corrected chi connectivity index (χ2v) is 8.13. The molecule has 1 aliphatic heterocycles. The summed E-state index contributed by atoms with van der Waals surface area (Å²) in [4.78, 5) is 18.0. The average Bonchev–Trinajstić information content (AvgIpc) is 2.65. The van der Waals surface area contributed by atoms with Gasteiger partial charge < -0.3 is 25.0 Å². The lowest BCUT2D eigenvalue weighted by molar-refractivity contribution is -0.127. The molecule has 1 unspecified atom stereocenters. The maximum absolute atomic E-state index is 11.9. The summed E-state index contributed by atoms with van der Waals surface area (Å²) >= 11 is 0. The smallest absolute Gasteiger partial charge is 0.243 e. The fourth-order valence-electron chi connectivity index (χ4n) is 3.54. The number of nitrogens with zero attached hydrogens (tertiary/aromatic N) is 2. The molecule has 1 amide bonds. The van der Waals surface area contributed by atoms with E-state index in [0.717, 1.165) is 51.7 Å². The topological polar surface area (TPSA) is 75.2 Å². The first kappa shape index (κ1) is 22.0. The van der Waals surface area contributed by atoms with E-state index in [4.69, 9.17) is 9.47 Å².